The number of ether oxygens (including phenoxy) is 1. The summed E-state index contributed by atoms with van der Waals surface area (Å²) in [4.78, 5) is 0. The Kier molecular flexibility index (Phi) is 3.03. The molecular weight excluding hydrogens is 144 g/mol. The first-order chi connectivity index (χ1) is 4.93. The predicted molar refractivity (Wildman–Crippen MR) is 44.4 cm³/mol. The molecule has 0 bridgehead atoms. The first-order valence-electron chi connectivity index (χ1n) is 3.28. The first kappa shape index (κ1) is 7.35. The third-order valence-corrected chi connectivity index (χ3v) is 1.77. The standard InChI is InChI=1S/C8H10OS/c1-2-3-6-9-8-5-4-7-10-8/h3-7H,2H2,1H3/b6-3-. The fourth-order valence-electron chi connectivity index (χ4n) is 0.542. The van der Waals surface area contributed by atoms with Gasteiger partial charge in [-0.15, -0.1) is 11.3 Å². The van der Waals surface area contributed by atoms with Crippen LogP contribution in [0.5, 0.6) is 5.06 Å². The summed E-state index contributed by atoms with van der Waals surface area (Å²) >= 11 is 1.60. The van der Waals surface area contributed by atoms with Crippen LogP contribution in [-0.4, -0.2) is 0 Å². The molecule has 0 aromatic carbocycles. The number of allylic oxidation sites excluding steroid dienone is 1. The highest BCUT2D eigenvalue weighted by atomic mass is 32.1. The van der Waals surface area contributed by atoms with Crippen molar-refractivity contribution in [1.29, 1.82) is 0 Å². The van der Waals surface area contributed by atoms with E-state index in [-0.39, 0.29) is 0 Å². The van der Waals surface area contributed by atoms with Crippen LogP contribution in [0.2, 0.25) is 0 Å². The minimum Gasteiger partial charge on any atom is -0.455 e. The quantitative estimate of drug-likeness (QED) is 0.608. The van der Waals surface area contributed by atoms with E-state index in [1.165, 1.54) is 0 Å². The van der Waals surface area contributed by atoms with E-state index in [4.69, 9.17) is 4.74 Å². The van der Waals surface area contributed by atoms with Crippen LogP contribution in [0.4, 0.5) is 0 Å². The summed E-state index contributed by atoms with van der Waals surface area (Å²) in [5, 5.41) is 2.94. The van der Waals surface area contributed by atoms with Gasteiger partial charge in [-0.05, 0) is 30.0 Å². The molecule has 1 aromatic heterocycles. The summed E-state index contributed by atoms with van der Waals surface area (Å²) in [5.41, 5.74) is 0. The summed E-state index contributed by atoms with van der Waals surface area (Å²) in [6.07, 6.45) is 4.73. The molecule has 0 saturated carbocycles. The van der Waals surface area contributed by atoms with Crippen molar-refractivity contribution in [2.75, 3.05) is 0 Å². The van der Waals surface area contributed by atoms with Crippen LogP contribution in [0.15, 0.2) is 29.9 Å². The van der Waals surface area contributed by atoms with Gasteiger partial charge in [0, 0.05) is 0 Å². The average Bonchev–Trinajstić information content (AvgIpc) is 2.41. The van der Waals surface area contributed by atoms with Crippen LogP contribution < -0.4 is 4.74 Å². The van der Waals surface area contributed by atoms with E-state index >= 15 is 0 Å². The molecule has 54 valence electrons. The molecule has 1 heterocycles. The Morgan fingerprint density at radius 1 is 1.70 bits per heavy atom. The van der Waals surface area contributed by atoms with Gasteiger partial charge in [-0.25, -0.2) is 0 Å². The lowest BCUT2D eigenvalue weighted by molar-refractivity contribution is 0.493. The second-order valence-electron chi connectivity index (χ2n) is 1.83. The van der Waals surface area contributed by atoms with Gasteiger partial charge in [0.25, 0.3) is 0 Å². The van der Waals surface area contributed by atoms with Crippen molar-refractivity contribution in [3.8, 4) is 5.06 Å². The van der Waals surface area contributed by atoms with E-state index in [0.717, 1.165) is 11.5 Å². The third kappa shape index (κ3) is 2.23. The number of thiophene rings is 1. The molecule has 0 aliphatic heterocycles. The Morgan fingerprint density at radius 2 is 2.60 bits per heavy atom. The highest BCUT2D eigenvalue weighted by molar-refractivity contribution is 7.11. The molecule has 0 unspecified atom stereocenters. The summed E-state index contributed by atoms with van der Waals surface area (Å²) in [6, 6.07) is 3.92. The summed E-state index contributed by atoms with van der Waals surface area (Å²) in [5.74, 6) is 0. The van der Waals surface area contributed by atoms with Crippen LogP contribution in [0.1, 0.15) is 13.3 Å². The van der Waals surface area contributed by atoms with E-state index in [1.54, 1.807) is 17.6 Å². The van der Waals surface area contributed by atoms with E-state index in [9.17, 15) is 0 Å². The highest BCUT2D eigenvalue weighted by Crippen LogP contribution is 2.17. The number of rotatable bonds is 3. The van der Waals surface area contributed by atoms with Gasteiger partial charge in [-0.2, -0.15) is 0 Å². The normalized spacial score (nSPS) is 10.5. The topological polar surface area (TPSA) is 9.23 Å². The summed E-state index contributed by atoms with van der Waals surface area (Å²) in [6.45, 7) is 2.08. The monoisotopic (exact) mass is 154 g/mol. The molecule has 1 nitrogen and oxygen atoms in total. The van der Waals surface area contributed by atoms with Crippen LogP contribution in [-0.2, 0) is 0 Å². The molecule has 2 heteroatoms. The lowest BCUT2D eigenvalue weighted by Crippen LogP contribution is -1.74. The molecule has 0 saturated heterocycles. The van der Waals surface area contributed by atoms with Gasteiger partial charge in [0.1, 0.15) is 0 Å². The largest absolute Gasteiger partial charge is 0.455 e. The Hall–Kier alpha value is -0.760. The summed E-state index contributed by atoms with van der Waals surface area (Å²) in [7, 11) is 0. The summed E-state index contributed by atoms with van der Waals surface area (Å²) < 4.78 is 5.22. The highest BCUT2D eigenvalue weighted by Gasteiger charge is 1.86. The molecule has 0 fully saturated rings. The van der Waals surface area contributed by atoms with Crippen molar-refractivity contribution in [2.45, 2.75) is 13.3 Å². The van der Waals surface area contributed by atoms with Crippen molar-refractivity contribution >= 4 is 11.3 Å². The average molecular weight is 154 g/mol. The SMILES string of the molecule is CC/C=C\Oc1cccs1. The molecular formula is C8H10OS. The van der Waals surface area contributed by atoms with E-state index in [0.29, 0.717) is 0 Å². The van der Waals surface area contributed by atoms with E-state index in [2.05, 4.69) is 6.92 Å². The van der Waals surface area contributed by atoms with Crippen LogP contribution in [0.25, 0.3) is 0 Å². The molecule has 0 amide bonds. The molecule has 0 atom stereocenters. The molecule has 0 aliphatic rings. The van der Waals surface area contributed by atoms with E-state index in [1.807, 2.05) is 23.6 Å². The fourth-order valence-corrected chi connectivity index (χ4v) is 1.10. The second kappa shape index (κ2) is 4.12. The maximum Gasteiger partial charge on any atom is 0.179 e. The molecule has 0 spiro atoms. The van der Waals surface area contributed by atoms with Gasteiger partial charge in [-0.1, -0.05) is 6.92 Å². The Bertz CT molecular complexity index is 189. The minimum absolute atomic E-state index is 0.949. The Balaban J connectivity index is 2.34. The molecule has 1 aromatic rings. The van der Waals surface area contributed by atoms with Crippen molar-refractivity contribution in [3.63, 3.8) is 0 Å². The van der Waals surface area contributed by atoms with Crippen molar-refractivity contribution < 1.29 is 4.74 Å². The van der Waals surface area contributed by atoms with Crippen LogP contribution in [0.3, 0.4) is 0 Å². The van der Waals surface area contributed by atoms with Gasteiger partial charge >= 0.3 is 0 Å². The maximum absolute atomic E-state index is 5.22. The predicted octanol–water partition coefficient (Wildman–Crippen LogP) is 3.05. The van der Waals surface area contributed by atoms with Crippen molar-refractivity contribution in [2.24, 2.45) is 0 Å². The molecule has 1 rings (SSSR count). The minimum atomic E-state index is 0.949. The second-order valence-corrected chi connectivity index (χ2v) is 2.74. The smallest absolute Gasteiger partial charge is 0.179 e. The number of hydrogen-bond donors (Lipinski definition) is 0. The van der Waals surface area contributed by atoms with Crippen molar-refractivity contribution in [3.05, 3.63) is 29.9 Å². The third-order valence-electron chi connectivity index (χ3n) is 1.01. The lowest BCUT2D eigenvalue weighted by atomic mass is 10.5. The van der Waals surface area contributed by atoms with Gasteiger partial charge < -0.3 is 4.74 Å². The zero-order valence-corrected chi connectivity index (χ0v) is 6.73. The van der Waals surface area contributed by atoms with Gasteiger partial charge in [0.2, 0.25) is 0 Å². The van der Waals surface area contributed by atoms with Gasteiger partial charge in [0.15, 0.2) is 5.06 Å². The molecule has 0 aliphatic carbocycles. The molecule has 0 N–H and O–H groups in total. The zero-order chi connectivity index (χ0) is 7.23. The first-order valence-corrected chi connectivity index (χ1v) is 4.16. The van der Waals surface area contributed by atoms with Crippen LogP contribution >= 0.6 is 11.3 Å². The molecule has 0 radical (unpaired) electrons. The maximum atomic E-state index is 5.22. The van der Waals surface area contributed by atoms with E-state index < -0.39 is 0 Å². The van der Waals surface area contributed by atoms with Gasteiger partial charge in [0.05, 0.1) is 6.26 Å². The Morgan fingerprint density at radius 3 is 3.20 bits per heavy atom. The zero-order valence-electron chi connectivity index (χ0n) is 5.91. The lowest BCUT2D eigenvalue weighted by Gasteiger charge is -1.90. The van der Waals surface area contributed by atoms with Crippen LogP contribution in [0, 0.1) is 0 Å². The Labute approximate surface area is 65.0 Å². The van der Waals surface area contributed by atoms with Gasteiger partial charge in [-0.3, -0.25) is 0 Å². The fraction of sp³-hybridized carbons (Fsp3) is 0.250. The van der Waals surface area contributed by atoms with Crippen molar-refractivity contribution in [1.82, 2.24) is 0 Å². The number of hydrogen-bond acceptors (Lipinski definition) is 2. The molecule has 10 heavy (non-hydrogen) atoms.